The summed E-state index contributed by atoms with van der Waals surface area (Å²) in [7, 11) is 0. The zero-order chi connectivity index (χ0) is 19.3. The molecule has 0 unspecified atom stereocenters. The van der Waals surface area contributed by atoms with Crippen molar-refractivity contribution in [2.45, 2.75) is 6.92 Å². The highest BCUT2D eigenvalue weighted by Gasteiger charge is 2.20. The van der Waals surface area contributed by atoms with Crippen molar-refractivity contribution in [1.29, 1.82) is 0 Å². The van der Waals surface area contributed by atoms with E-state index in [1.807, 2.05) is 37.3 Å². The number of piperazine rings is 1. The van der Waals surface area contributed by atoms with Gasteiger partial charge in [0.05, 0.1) is 5.56 Å². The van der Waals surface area contributed by atoms with E-state index in [1.54, 1.807) is 24.8 Å². The molecule has 3 heterocycles. The molecule has 4 rings (SSSR count). The van der Waals surface area contributed by atoms with Gasteiger partial charge in [-0.25, -0.2) is 19.9 Å². The van der Waals surface area contributed by atoms with Gasteiger partial charge < -0.3 is 15.1 Å². The van der Waals surface area contributed by atoms with Crippen molar-refractivity contribution in [2.75, 3.05) is 41.3 Å². The first-order valence-electron chi connectivity index (χ1n) is 9.16. The highest BCUT2D eigenvalue weighted by Crippen LogP contribution is 2.15. The largest absolute Gasteiger partial charge is 0.337 e. The average Bonchev–Trinajstić information content (AvgIpc) is 2.75. The summed E-state index contributed by atoms with van der Waals surface area (Å²) in [6.45, 7) is 5.11. The molecule has 1 aromatic carbocycles. The lowest BCUT2D eigenvalue weighted by molar-refractivity contribution is 0.102. The third kappa shape index (κ3) is 4.06. The minimum Gasteiger partial charge on any atom is -0.337 e. The van der Waals surface area contributed by atoms with Gasteiger partial charge in [-0.1, -0.05) is 12.1 Å². The third-order valence-electron chi connectivity index (χ3n) is 4.57. The zero-order valence-electron chi connectivity index (χ0n) is 15.6. The summed E-state index contributed by atoms with van der Waals surface area (Å²) in [5.74, 6) is 1.15. The Bertz CT molecular complexity index is 938. The van der Waals surface area contributed by atoms with E-state index < -0.39 is 0 Å². The molecule has 0 radical (unpaired) electrons. The van der Waals surface area contributed by atoms with Crippen LogP contribution in [-0.2, 0) is 0 Å². The maximum atomic E-state index is 12.4. The molecule has 28 heavy (non-hydrogen) atoms. The number of amides is 1. The second-order valence-corrected chi connectivity index (χ2v) is 6.62. The molecule has 0 spiro atoms. The van der Waals surface area contributed by atoms with Crippen LogP contribution in [0.15, 0.2) is 55.1 Å². The molecule has 1 fully saturated rings. The number of hydrogen-bond donors (Lipinski definition) is 1. The molecule has 1 saturated heterocycles. The molecule has 0 bridgehead atoms. The maximum Gasteiger partial charge on any atom is 0.258 e. The van der Waals surface area contributed by atoms with Gasteiger partial charge in [0, 0.05) is 56.7 Å². The predicted molar refractivity (Wildman–Crippen MR) is 108 cm³/mol. The average molecular weight is 375 g/mol. The van der Waals surface area contributed by atoms with E-state index in [0.717, 1.165) is 43.4 Å². The number of aromatic nitrogens is 4. The summed E-state index contributed by atoms with van der Waals surface area (Å²) in [6.07, 6.45) is 6.64. The van der Waals surface area contributed by atoms with Gasteiger partial charge in [-0.15, -0.1) is 0 Å². The lowest BCUT2D eigenvalue weighted by Gasteiger charge is -2.34. The molecule has 2 aromatic heterocycles. The smallest absolute Gasteiger partial charge is 0.258 e. The number of rotatable bonds is 4. The van der Waals surface area contributed by atoms with Gasteiger partial charge in [-0.2, -0.15) is 0 Å². The standard InChI is InChI=1S/C20H21N7O/c1-15-4-2-5-17(12-15)25-18(28)16-13-23-20(24-14-16)27-10-8-26(9-11-27)19-21-6-3-7-22-19/h2-7,12-14H,8-11H2,1H3,(H,25,28). The minimum atomic E-state index is -0.219. The Balaban J connectivity index is 1.36. The van der Waals surface area contributed by atoms with Crippen LogP contribution in [0.2, 0.25) is 0 Å². The van der Waals surface area contributed by atoms with Crippen LogP contribution in [0.1, 0.15) is 15.9 Å². The van der Waals surface area contributed by atoms with E-state index in [1.165, 1.54) is 0 Å². The predicted octanol–water partition coefficient (Wildman–Crippen LogP) is 2.15. The highest BCUT2D eigenvalue weighted by atomic mass is 16.1. The van der Waals surface area contributed by atoms with Crippen molar-refractivity contribution in [3.05, 3.63) is 66.2 Å². The van der Waals surface area contributed by atoms with Gasteiger partial charge in [0.1, 0.15) is 0 Å². The summed E-state index contributed by atoms with van der Waals surface area (Å²) in [6, 6.07) is 9.48. The molecule has 8 heteroatoms. The van der Waals surface area contributed by atoms with Crippen molar-refractivity contribution in [2.24, 2.45) is 0 Å². The Morgan fingerprint density at radius 3 is 2.11 bits per heavy atom. The fourth-order valence-corrected chi connectivity index (χ4v) is 3.09. The van der Waals surface area contributed by atoms with E-state index in [-0.39, 0.29) is 5.91 Å². The van der Waals surface area contributed by atoms with E-state index in [0.29, 0.717) is 11.5 Å². The Labute approximate surface area is 163 Å². The fourth-order valence-electron chi connectivity index (χ4n) is 3.09. The first-order chi connectivity index (χ1) is 13.7. The Morgan fingerprint density at radius 2 is 1.50 bits per heavy atom. The van der Waals surface area contributed by atoms with E-state index in [9.17, 15) is 4.79 Å². The molecule has 3 aromatic rings. The van der Waals surface area contributed by atoms with Crippen molar-refractivity contribution in [1.82, 2.24) is 19.9 Å². The van der Waals surface area contributed by atoms with Crippen LogP contribution in [-0.4, -0.2) is 52.0 Å². The van der Waals surface area contributed by atoms with E-state index in [2.05, 4.69) is 35.1 Å². The first kappa shape index (κ1) is 17.8. The van der Waals surface area contributed by atoms with Crippen LogP contribution in [0.3, 0.4) is 0 Å². The lowest BCUT2D eigenvalue weighted by Crippen LogP contribution is -2.47. The van der Waals surface area contributed by atoms with Crippen LogP contribution in [0.4, 0.5) is 17.6 Å². The van der Waals surface area contributed by atoms with Crippen LogP contribution in [0.5, 0.6) is 0 Å². The minimum absolute atomic E-state index is 0.219. The number of carbonyl (C=O) groups excluding carboxylic acids is 1. The molecule has 0 atom stereocenters. The number of nitrogens with one attached hydrogen (secondary N) is 1. The van der Waals surface area contributed by atoms with Gasteiger partial charge in [-0.3, -0.25) is 4.79 Å². The highest BCUT2D eigenvalue weighted by molar-refractivity contribution is 6.03. The quantitative estimate of drug-likeness (QED) is 0.748. The molecular weight excluding hydrogens is 354 g/mol. The van der Waals surface area contributed by atoms with Crippen molar-refractivity contribution in [3.63, 3.8) is 0 Å². The van der Waals surface area contributed by atoms with E-state index >= 15 is 0 Å². The van der Waals surface area contributed by atoms with Crippen LogP contribution in [0, 0.1) is 6.92 Å². The Kier molecular flexibility index (Phi) is 5.09. The molecule has 1 aliphatic rings. The third-order valence-corrected chi connectivity index (χ3v) is 4.57. The summed E-state index contributed by atoms with van der Waals surface area (Å²) < 4.78 is 0. The van der Waals surface area contributed by atoms with Crippen LogP contribution >= 0.6 is 0 Å². The summed E-state index contributed by atoms with van der Waals surface area (Å²) in [4.78, 5) is 34.0. The molecule has 0 saturated carbocycles. The van der Waals surface area contributed by atoms with Gasteiger partial charge in [0.2, 0.25) is 11.9 Å². The molecule has 1 N–H and O–H groups in total. The molecule has 1 aliphatic heterocycles. The van der Waals surface area contributed by atoms with Gasteiger partial charge in [-0.05, 0) is 30.7 Å². The zero-order valence-corrected chi connectivity index (χ0v) is 15.6. The van der Waals surface area contributed by atoms with Gasteiger partial charge in [0.15, 0.2) is 0 Å². The van der Waals surface area contributed by atoms with Crippen molar-refractivity contribution < 1.29 is 4.79 Å². The summed E-state index contributed by atoms with van der Waals surface area (Å²) in [5, 5.41) is 2.87. The number of hydrogen-bond acceptors (Lipinski definition) is 7. The lowest BCUT2D eigenvalue weighted by atomic mass is 10.2. The number of carbonyl (C=O) groups is 1. The van der Waals surface area contributed by atoms with E-state index in [4.69, 9.17) is 0 Å². The normalized spacial score (nSPS) is 14.0. The fraction of sp³-hybridized carbons (Fsp3) is 0.250. The monoisotopic (exact) mass is 375 g/mol. The molecule has 0 aliphatic carbocycles. The molecule has 1 amide bonds. The summed E-state index contributed by atoms with van der Waals surface area (Å²) >= 11 is 0. The Morgan fingerprint density at radius 1 is 0.893 bits per heavy atom. The van der Waals surface area contributed by atoms with Gasteiger partial charge in [0.25, 0.3) is 5.91 Å². The number of aryl methyl sites for hydroxylation is 1. The van der Waals surface area contributed by atoms with Gasteiger partial charge >= 0.3 is 0 Å². The molecule has 142 valence electrons. The number of nitrogens with zero attached hydrogens (tertiary/aromatic N) is 6. The second-order valence-electron chi connectivity index (χ2n) is 6.62. The molecular formula is C20H21N7O. The van der Waals surface area contributed by atoms with Crippen molar-refractivity contribution in [3.8, 4) is 0 Å². The SMILES string of the molecule is Cc1cccc(NC(=O)c2cnc(N3CCN(c4ncccn4)CC3)nc2)c1. The maximum absolute atomic E-state index is 12.4. The number of anilines is 3. The number of benzene rings is 1. The van der Waals surface area contributed by atoms with Crippen LogP contribution in [0.25, 0.3) is 0 Å². The second kappa shape index (κ2) is 7.99. The van der Waals surface area contributed by atoms with Crippen molar-refractivity contribution >= 4 is 23.5 Å². The Hall–Kier alpha value is -3.55. The van der Waals surface area contributed by atoms with Crippen LogP contribution < -0.4 is 15.1 Å². The topological polar surface area (TPSA) is 87.1 Å². The molecule has 8 nitrogen and oxygen atoms in total. The first-order valence-corrected chi connectivity index (χ1v) is 9.16. The summed E-state index contributed by atoms with van der Waals surface area (Å²) in [5.41, 5.74) is 2.28.